The van der Waals surface area contributed by atoms with E-state index in [4.69, 9.17) is 0 Å². The largest absolute Gasteiger partial charge is 2.00 e. The van der Waals surface area contributed by atoms with Crippen LogP contribution in [0.3, 0.4) is 0 Å². The van der Waals surface area contributed by atoms with E-state index in [1.807, 2.05) is 104 Å². The van der Waals surface area contributed by atoms with Crippen LogP contribution in [0.1, 0.15) is 11.1 Å². The second-order valence-corrected chi connectivity index (χ2v) is 6.65. The number of amidine groups is 2. The molecule has 0 unspecified atom stereocenters. The number of fused-ring (bicyclic) bond motifs is 1. The first-order valence-corrected chi connectivity index (χ1v) is 9.47. The molecule has 31 heavy (non-hydrogen) atoms. The molecule has 0 aliphatic carbocycles. The number of hydrogen-bond acceptors (Lipinski definition) is 6. The minimum Gasteiger partial charge on any atom is -0.511 e. The summed E-state index contributed by atoms with van der Waals surface area (Å²) >= 11 is 0. The topological polar surface area (TPSA) is 71.1 Å². The van der Waals surface area contributed by atoms with Gasteiger partial charge in [-0.3, -0.25) is 9.97 Å². The zero-order valence-electron chi connectivity index (χ0n) is 17.1. The smallest absolute Gasteiger partial charge is 0.511 e. The molecular formula is C23H21N7Pt. The van der Waals surface area contributed by atoms with Gasteiger partial charge in [-0.05, 0) is 61.9 Å². The van der Waals surface area contributed by atoms with E-state index in [1.165, 1.54) is 0 Å². The SMILES string of the molecule is CN1C=CN(C)[CH-]1.[Pt+2].c1ccc(/N=C2\[N-]/C(=N\c3ccccn3)c3ccccc32)nc1. The summed E-state index contributed by atoms with van der Waals surface area (Å²) < 4.78 is 0. The van der Waals surface area contributed by atoms with Crippen LogP contribution < -0.4 is 0 Å². The molecule has 0 spiro atoms. The average molecular weight is 591 g/mol. The van der Waals surface area contributed by atoms with Crippen molar-refractivity contribution in [1.82, 2.24) is 19.8 Å². The second kappa shape index (κ2) is 10.6. The molecule has 0 saturated heterocycles. The maximum absolute atomic E-state index is 4.57. The Bertz CT molecular complexity index is 997. The molecule has 2 aliphatic rings. The van der Waals surface area contributed by atoms with Crippen molar-refractivity contribution in [3.05, 3.63) is 109 Å². The van der Waals surface area contributed by atoms with Crippen molar-refractivity contribution in [2.75, 3.05) is 14.1 Å². The minimum atomic E-state index is 0. The van der Waals surface area contributed by atoms with Gasteiger partial charge in [0.1, 0.15) is 0 Å². The fourth-order valence-corrected chi connectivity index (χ4v) is 2.90. The van der Waals surface area contributed by atoms with E-state index in [0.717, 1.165) is 11.1 Å². The van der Waals surface area contributed by atoms with Gasteiger partial charge >= 0.3 is 21.1 Å². The number of pyridine rings is 2. The van der Waals surface area contributed by atoms with Gasteiger partial charge < -0.3 is 25.1 Å². The van der Waals surface area contributed by atoms with E-state index in [-0.39, 0.29) is 21.1 Å². The zero-order chi connectivity index (χ0) is 20.8. The number of aliphatic imine (C=N–C) groups is 2. The molecule has 3 aromatic rings. The second-order valence-electron chi connectivity index (χ2n) is 6.65. The van der Waals surface area contributed by atoms with E-state index < -0.39 is 0 Å². The maximum atomic E-state index is 4.57. The monoisotopic (exact) mass is 590 g/mol. The zero-order valence-corrected chi connectivity index (χ0v) is 19.4. The number of aromatic nitrogens is 2. The van der Waals surface area contributed by atoms with Gasteiger partial charge in [0.25, 0.3) is 0 Å². The third-order valence-electron chi connectivity index (χ3n) is 4.26. The van der Waals surface area contributed by atoms with Crippen molar-refractivity contribution in [3.63, 3.8) is 0 Å². The van der Waals surface area contributed by atoms with Crippen molar-refractivity contribution in [1.29, 1.82) is 0 Å². The summed E-state index contributed by atoms with van der Waals surface area (Å²) in [6.07, 6.45) is 7.42. The van der Waals surface area contributed by atoms with E-state index >= 15 is 0 Å². The van der Waals surface area contributed by atoms with Gasteiger partial charge in [0.15, 0.2) is 0 Å². The summed E-state index contributed by atoms with van der Waals surface area (Å²) in [5, 5.41) is 4.57. The van der Waals surface area contributed by atoms with Crippen LogP contribution in [-0.2, 0) is 21.1 Å². The molecule has 1 aromatic carbocycles. The van der Waals surface area contributed by atoms with Crippen molar-refractivity contribution < 1.29 is 21.1 Å². The van der Waals surface area contributed by atoms with Gasteiger partial charge in [0.05, 0.1) is 11.6 Å². The Kier molecular flexibility index (Phi) is 7.68. The number of benzene rings is 1. The fourth-order valence-electron chi connectivity index (χ4n) is 2.90. The normalized spacial score (nSPS) is 16.5. The van der Waals surface area contributed by atoms with E-state index in [2.05, 4.69) is 25.3 Å². The summed E-state index contributed by atoms with van der Waals surface area (Å²) in [7, 11) is 4.00. The number of hydrogen-bond donors (Lipinski definition) is 0. The molecule has 4 heterocycles. The summed E-state index contributed by atoms with van der Waals surface area (Å²) in [6.45, 7) is 2.00. The summed E-state index contributed by atoms with van der Waals surface area (Å²) in [5.41, 5.74) is 1.90. The summed E-state index contributed by atoms with van der Waals surface area (Å²) in [6, 6.07) is 19.1. The van der Waals surface area contributed by atoms with Crippen LogP contribution >= 0.6 is 0 Å². The standard InChI is InChI=1S/C18H12N5.C5H9N2.Pt/c1-2-8-14-13(7-1)17(21-15-9-3-5-11-19-15)23-18(14)22-16-10-4-6-12-20-16;1-6-3-4-7(2)5-6;/h1-12H;3-5H,1-2H3;/q2*-1;+2. The first kappa shape index (κ1) is 22.4. The first-order valence-electron chi connectivity index (χ1n) is 9.47. The van der Waals surface area contributed by atoms with E-state index in [1.54, 1.807) is 12.4 Å². The third-order valence-corrected chi connectivity index (χ3v) is 4.26. The molecule has 0 bridgehead atoms. The van der Waals surface area contributed by atoms with Crippen LogP contribution in [0.25, 0.3) is 5.32 Å². The summed E-state index contributed by atoms with van der Waals surface area (Å²) in [5.74, 6) is 2.49. The molecule has 158 valence electrons. The Balaban J connectivity index is 0.000000292. The molecule has 5 rings (SSSR count). The van der Waals surface area contributed by atoms with Gasteiger partial charge in [-0.15, -0.1) is 0 Å². The van der Waals surface area contributed by atoms with Gasteiger partial charge in [-0.25, -0.2) is 0 Å². The Morgan fingerprint density at radius 2 is 1.16 bits per heavy atom. The van der Waals surface area contributed by atoms with Crippen LogP contribution in [0.2, 0.25) is 0 Å². The van der Waals surface area contributed by atoms with Crippen LogP contribution in [0, 0.1) is 6.67 Å². The Hall–Kier alpha value is -3.31. The molecular weight excluding hydrogens is 569 g/mol. The molecule has 0 fully saturated rings. The van der Waals surface area contributed by atoms with Crippen molar-refractivity contribution in [2.45, 2.75) is 0 Å². The molecule has 0 N–H and O–H groups in total. The van der Waals surface area contributed by atoms with Crippen molar-refractivity contribution in [2.24, 2.45) is 9.98 Å². The Labute approximate surface area is 196 Å². The van der Waals surface area contributed by atoms with Crippen LogP contribution in [0.5, 0.6) is 0 Å². The predicted molar refractivity (Wildman–Crippen MR) is 120 cm³/mol. The van der Waals surface area contributed by atoms with Gasteiger partial charge in [-0.2, -0.15) is 6.67 Å². The van der Waals surface area contributed by atoms with Gasteiger partial charge in [-0.1, -0.05) is 36.4 Å². The van der Waals surface area contributed by atoms with E-state index in [9.17, 15) is 0 Å². The quantitative estimate of drug-likeness (QED) is 0.413. The molecule has 2 aromatic heterocycles. The van der Waals surface area contributed by atoms with Crippen LogP contribution in [0.15, 0.2) is 95.4 Å². The van der Waals surface area contributed by atoms with Crippen LogP contribution in [-0.4, -0.2) is 45.5 Å². The molecule has 0 amide bonds. The molecule has 0 saturated carbocycles. The van der Waals surface area contributed by atoms with Gasteiger partial charge in [0, 0.05) is 24.1 Å². The maximum Gasteiger partial charge on any atom is 2.00 e. The average Bonchev–Trinajstić information content (AvgIpc) is 3.32. The predicted octanol–water partition coefficient (Wildman–Crippen LogP) is 4.47. The van der Waals surface area contributed by atoms with Crippen LogP contribution in [0.4, 0.5) is 11.6 Å². The number of nitrogens with zero attached hydrogens (tertiary/aromatic N) is 7. The van der Waals surface area contributed by atoms with E-state index in [0.29, 0.717) is 23.3 Å². The Morgan fingerprint density at radius 1 is 0.710 bits per heavy atom. The molecule has 7 nitrogen and oxygen atoms in total. The van der Waals surface area contributed by atoms with Crippen molar-refractivity contribution in [3.8, 4) is 0 Å². The minimum absolute atomic E-state index is 0. The third kappa shape index (κ3) is 5.86. The molecule has 8 heteroatoms. The molecule has 2 aliphatic heterocycles. The van der Waals surface area contributed by atoms with Crippen molar-refractivity contribution >= 4 is 23.3 Å². The number of rotatable bonds is 2. The summed E-state index contributed by atoms with van der Waals surface area (Å²) in [4.78, 5) is 21.5. The Morgan fingerprint density at radius 3 is 1.52 bits per heavy atom. The first-order chi connectivity index (χ1) is 14.7. The molecule has 0 radical (unpaired) electrons. The molecule has 0 atom stereocenters. The fraction of sp³-hybridized carbons (Fsp3) is 0.0870. The van der Waals surface area contributed by atoms with Gasteiger partial charge in [0.2, 0.25) is 0 Å².